The Morgan fingerprint density at radius 1 is 0.967 bits per heavy atom. The van der Waals surface area contributed by atoms with Gasteiger partial charge in [0, 0.05) is 10.6 Å². The molecule has 0 aromatic heterocycles. The van der Waals surface area contributed by atoms with Crippen LogP contribution in [-0.2, 0) is 16.9 Å². The van der Waals surface area contributed by atoms with E-state index in [1.807, 2.05) is 0 Å². The lowest BCUT2D eigenvalue weighted by molar-refractivity contribution is -0.357. The number of rotatable bonds is 4. The van der Waals surface area contributed by atoms with E-state index in [0.29, 0.717) is 10.9 Å². The fourth-order valence-corrected chi connectivity index (χ4v) is 7.17. The van der Waals surface area contributed by atoms with Gasteiger partial charge in [-0.2, -0.15) is 0 Å². The summed E-state index contributed by atoms with van der Waals surface area (Å²) in [6.45, 7) is -0.596. The number of benzene rings is 1. The highest BCUT2D eigenvalue weighted by Crippen LogP contribution is 2.57. The number of aliphatic hydroxyl groups is 5. The van der Waals surface area contributed by atoms with Crippen LogP contribution in [0.3, 0.4) is 0 Å². The number of hydrogen-bond acceptors (Lipinski definition) is 6. The average molecular weight is 439 g/mol. The van der Waals surface area contributed by atoms with E-state index in [0.717, 1.165) is 35.7 Å². The minimum absolute atomic E-state index is 0.266. The zero-order valence-corrected chi connectivity index (χ0v) is 17.7. The summed E-state index contributed by atoms with van der Waals surface area (Å²) in [5.74, 6) is 1.58. The molecule has 6 rings (SSSR count). The summed E-state index contributed by atoms with van der Waals surface area (Å²) in [7, 11) is 0. The van der Waals surface area contributed by atoms with Gasteiger partial charge in [-0.25, -0.2) is 0 Å². The van der Waals surface area contributed by atoms with Gasteiger partial charge >= 0.3 is 0 Å². The van der Waals surface area contributed by atoms with Crippen LogP contribution in [0.2, 0.25) is 5.02 Å². The maximum atomic E-state index is 11.1. The van der Waals surface area contributed by atoms with Crippen LogP contribution >= 0.6 is 11.6 Å². The summed E-state index contributed by atoms with van der Waals surface area (Å²) in [5.41, 5.74) is 1.17. The Kier molecular flexibility index (Phi) is 5.42. The monoisotopic (exact) mass is 438 g/mol. The average Bonchev–Trinajstić information content (AvgIpc) is 2.72. The first-order chi connectivity index (χ1) is 14.3. The topological polar surface area (TPSA) is 110 Å². The van der Waals surface area contributed by atoms with Gasteiger partial charge in [0.05, 0.1) is 6.61 Å². The minimum atomic E-state index is -2.24. The van der Waals surface area contributed by atoms with Crippen LogP contribution in [0.15, 0.2) is 18.2 Å². The molecule has 1 saturated heterocycles. The van der Waals surface area contributed by atoms with Gasteiger partial charge in [-0.1, -0.05) is 17.7 Å². The van der Waals surface area contributed by atoms with Gasteiger partial charge in [-0.3, -0.25) is 0 Å². The lowest BCUT2D eigenvalue weighted by Gasteiger charge is -2.54. The van der Waals surface area contributed by atoms with Crippen LogP contribution in [0.4, 0.5) is 0 Å². The van der Waals surface area contributed by atoms with Crippen molar-refractivity contribution >= 4 is 11.6 Å². The summed E-state index contributed by atoms with van der Waals surface area (Å²) in [4.78, 5) is 0. The first-order valence-electron chi connectivity index (χ1n) is 11.1. The summed E-state index contributed by atoms with van der Waals surface area (Å²) < 4.78 is 5.49. The summed E-state index contributed by atoms with van der Waals surface area (Å²) in [6, 6.07) is 4.99. The molecular formula is C23H31ClO6. The van der Waals surface area contributed by atoms with E-state index in [1.165, 1.54) is 32.1 Å². The fraction of sp³-hybridized carbons (Fsp3) is 0.739. The van der Waals surface area contributed by atoms with E-state index < -0.39 is 36.8 Å². The second kappa shape index (κ2) is 7.69. The molecule has 5 atom stereocenters. The van der Waals surface area contributed by atoms with Crippen LogP contribution in [0.1, 0.15) is 43.2 Å². The fourth-order valence-electron chi connectivity index (χ4n) is 6.97. The molecule has 30 heavy (non-hydrogen) atoms. The molecule has 1 aromatic rings. The Labute approximate surface area is 181 Å². The van der Waals surface area contributed by atoms with E-state index in [1.54, 1.807) is 18.2 Å². The van der Waals surface area contributed by atoms with Crippen molar-refractivity contribution in [2.24, 2.45) is 29.6 Å². The van der Waals surface area contributed by atoms with Crippen molar-refractivity contribution in [3.8, 4) is 0 Å². The van der Waals surface area contributed by atoms with Gasteiger partial charge in [0.15, 0.2) is 0 Å². The molecular weight excluding hydrogens is 408 g/mol. The Hall–Kier alpha value is -0.730. The third-order valence-corrected chi connectivity index (χ3v) is 8.67. The predicted octanol–water partition coefficient (Wildman–Crippen LogP) is 1.57. The third-order valence-electron chi connectivity index (χ3n) is 8.30. The zero-order valence-electron chi connectivity index (χ0n) is 16.9. The lowest BCUT2D eigenvalue weighted by atomic mass is 9.51. The minimum Gasteiger partial charge on any atom is -0.394 e. The Morgan fingerprint density at radius 3 is 2.20 bits per heavy atom. The molecule has 4 saturated carbocycles. The molecule has 166 valence electrons. The smallest absolute Gasteiger partial charge is 0.222 e. The van der Waals surface area contributed by atoms with Crippen molar-refractivity contribution in [3.05, 3.63) is 34.3 Å². The normalized spacial score (nSPS) is 47.6. The predicted molar refractivity (Wildman–Crippen MR) is 110 cm³/mol. The molecule has 0 spiro atoms. The molecule has 0 amide bonds. The quantitative estimate of drug-likeness (QED) is 0.488. The highest BCUT2D eigenvalue weighted by atomic mass is 35.5. The molecule has 0 unspecified atom stereocenters. The number of halogens is 1. The highest BCUT2D eigenvalue weighted by Gasteiger charge is 2.54. The standard InChI is InChI=1S/C23H31ClO6/c24-18-2-1-16(23(29)22(28)21(27)20(26)19(10-25)30-23)8-15(18)9-17-13-4-11-3-12(6-13)7-14(17)5-11/h1-2,8,11-14,17,19-22,25-29H,3-7,9-10H2/t11?,12?,13?,14?,17?,19-,20-,21+,22-,23-/m1/s1. The maximum Gasteiger partial charge on any atom is 0.222 e. The Balaban J connectivity index is 1.42. The van der Waals surface area contributed by atoms with Gasteiger partial charge in [-0.05, 0) is 85.8 Å². The number of aliphatic hydroxyl groups excluding tert-OH is 4. The van der Waals surface area contributed by atoms with Gasteiger partial charge in [0.1, 0.15) is 24.4 Å². The molecule has 0 radical (unpaired) electrons. The molecule has 5 N–H and O–H groups in total. The second-order valence-corrected chi connectivity index (χ2v) is 10.5. The van der Waals surface area contributed by atoms with E-state index in [4.69, 9.17) is 16.3 Å². The lowest BCUT2D eigenvalue weighted by Crippen LogP contribution is -2.63. The van der Waals surface area contributed by atoms with Crippen LogP contribution < -0.4 is 0 Å². The SMILES string of the molecule is OC[C@H]1O[C@](O)(c2ccc(Cl)c(CC3C4CC5CC(C4)CC3C5)c2)[C@H](O)[C@@H](O)[C@@H]1O. The molecule has 7 heteroatoms. The third kappa shape index (κ3) is 3.32. The molecule has 4 aliphatic carbocycles. The van der Waals surface area contributed by atoms with Crippen molar-refractivity contribution in [1.29, 1.82) is 0 Å². The summed E-state index contributed by atoms with van der Waals surface area (Å²) >= 11 is 6.52. The number of ether oxygens (including phenoxy) is 1. The van der Waals surface area contributed by atoms with Crippen molar-refractivity contribution in [1.82, 2.24) is 0 Å². The molecule has 5 aliphatic rings. The molecule has 1 aromatic carbocycles. The van der Waals surface area contributed by atoms with Crippen LogP contribution in [-0.4, -0.2) is 56.6 Å². The van der Waals surface area contributed by atoms with E-state index in [-0.39, 0.29) is 5.56 Å². The molecule has 6 nitrogen and oxygen atoms in total. The summed E-state index contributed by atoms with van der Waals surface area (Å²) in [5, 5.41) is 51.9. The molecule has 1 aliphatic heterocycles. The first kappa shape index (κ1) is 21.1. The Bertz CT molecular complexity index is 772. The van der Waals surface area contributed by atoms with Crippen LogP contribution in [0, 0.1) is 29.6 Å². The van der Waals surface area contributed by atoms with Crippen LogP contribution in [0.25, 0.3) is 0 Å². The highest BCUT2D eigenvalue weighted by molar-refractivity contribution is 6.31. The van der Waals surface area contributed by atoms with Crippen molar-refractivity contribution in [3.63, 3.8) is 0 Å². The van der Waals surface area contributed by atoms with E-state index in [9.17, 15) is 25.5 Å². The van der Waals surface area contributed by atoms with Gasteiger partial charge in [0.2, 0.25) is 5.79 Å². The second-order valence-electron chi connectivity index (χ2n) is 10.1. The number of hydrogen-bond donors (Lipinski definition) is 5. The molecule has 5 fully saturated rings. The van der Waals surface area contributed by atoms with E-state index in [2.05, 4.69) is 0 Å². The Morgan fingerprint density at radius 2 is 1.60 bits per heavy atom. The van der Waals surface area contributed by atoms with Crippen molar-refractivity contribution in [2.75, 3.05) is 6.61 Å². The van der Waals surface area contributed by atoms with Crippen molar-refractivity contribution < 1.29 is 30.3 Å². The largest absolute Gasteiger partial charge is 0.394 e. The zero-order chi connectivity index (χ0) is 21.2. The van der Waals surface area contributed by atoms with Crippen molar-refractivity contribution in [2.45, 2.75) is 68.7 Å². The maximum absolute atomic E-state index is 11.1. The van der Waals surface area contributed by atoms with Gasteiger partial charge in [0.25, 0.3) is 0 Å². The van der Waals surface area contributed by atoms with E-state index >= 15 is 0 Å². The van der Waals surface area contributed by atoms with Gasteiger partial charge in [-0.15, -0.1) is 0 Å². The van der Waals surface area contributed by atoms with Crippen LogP contribution in [0.5, 0.6) is 0 Å². The summed E-state index contributed by atoms with van der Waals surface area (Å²) in [6.07, 6.45) is 1.34. The van der Waals surface area contributed by atoms with Gasteiger partial charge < -0.3 is 30.3 Å². The molecule has 1 heterocycles. The molecule has 4 bridgehead atoms. The first-order valence-corrected chi connectivity index (χ1v) is 11.5.